The molecule has 4 N–H and O–H groups in total. The number of nitrogens with one attached hydrogen (secondary N) is 2. The summed E-state index contributed by atoms with van der Waals surface area (Å²) in [4.78, 5) is 12.2. The number of H-pyrrole nitrogens is 1. The number of nitrogens with two attached hydrogens (primary N) is 1. The van der Waals surface area contributed by atoms with Crippen molar-refractivity contribution in [2.45, 2.75) is 5.16 Å². The lowest BCUT2D eigenvalue weighted by atomic mass is 10.1. The molecule has 1 amide bonds. The van der Waals surface area contributed by atoms with Gasteiger partial charge in [-0.3, -0.25) is 9.89 Å². The van der Waals surface area contributed by atoms with E-state index in [4.69, 9.17) is 29.0 Å². The number of rotatable bonds is 6. The number of halogens is 2. The number of anilines is 1. The molecule has 0 aliphatic rings. The number of aromatic nitrogens is 5. The first kappa shape index (κ1) is 20.3. The van der Waals surface area contributed by atoms with Gasteiger partial charge < -0.3 is 11.2 Å². The third-order valence-electron chi connectivity index (χ3n) is 4.09. The molecule has 0 bridgehead atoms. The fraction of sp³-hybridized carbons (Fsp3) is 0.0526. The Labute approximate surface area is 185 Å². The molecule has 0 saturated carbocycles. The number of carbonyl (C=O) groups is 1. The number of benzene rings is 2. The van der Waals surface area contributed by atoms with Gasteiger partial charge >= 0.3 is 0 Å². The average molecular weight is 460 g/mol. The fourth-order valence-corrected chi connectivity index (χ4v) is 3.77. The van der Waals surface area contributed by atoms with Gasteiger partial charge in [0.25, 0.3) is 0 Å². The number of thioether (sulfide) groups is 1. The van der Waals surface area contributed by atoms with Crippen LogP contribution in [0, 0.1) is 0 Å². The van der Waals surface area contributed by atoms with Crippen LogP contribution in [0.3, 0.4) is 0 Å². The Bertz CT molecular complexity index is 1190. The van der Waals surface area contributed by atoms with Gasteiger partial charge in [0.15, 0.2) is 0 Å². The molecule has 2 aromatic heterocycles. The molecule has 4 aromatic rings. The highest BCUT2D eigenvalue weighted by Gasteiger charge is 2.16. The number of carbonyl (C=O) groups excluding carboxylic acids is 1. The van der Waals surface area contributed by atoms with Gasteiger partial charge in [0, 0.05) is 10.6 Å². The Morgan fingerprint density at radius 1 is 1.13 bits per heavy atom. The summed E-state index contributed by atoms with van der Waals surface area (Å²) in [6, 6.07) is 16.4. The Hall–Kier alpha value is -3.01. The number of hydrogen-bond donors (Lipinski definition) is 3. The molecule has 0 atom stereocenters. The standard InChI is InChI=1S/C19H15Cl2N7OS/c20-12-6-7-14(13(21)8-12)23-17(29)10-30-19-27-26-18(28(19)22)16-9-15(24-25-16)11-4-2-1-3-5-11/h1-9H,10,22H2,(H,23,29)(H,24,25). The molecule has 0 aliphatic heterocycles. The van der Waals surface area contributed by atoms with Crippen LogP contribution in [0.5, 0.6) is 0 Å². The molecule has 2 heterocycles. The number of nitrogens with zero attached hydrogens (tertiary/aromatic N) is 4. The van der Waals surface area contributed by atoms with Gasteiger partial charge in [-0.2, -0.15) is 5.10 Å². The minimum absolute atomic E-state index is 0.0759. The molecule has 2 aromatic carbocycles. The van der Waals surface area contributed by atoms with Crippen molar-refractivity contribution in [1.82, 2.24) is 25.1 Å². The number of nitrogen functional groups attached to an aromatic ring is 1. The number of hydrogen-bond acceptors (Lipinski definition) is 6. The van der Waals surface area contributed by atoms with E-state index in [-0.39, 0.29) is 11.7 Å². The minimum Gasteiger partial charge on any atom is -0.335 e. The Morgan fingerprint density at radius 2 is 1.93 bits per heavy atom. The largest absolute Gasteiger partial charge is 0.335 e. The van der Waals surface area contributed by atoms with E-state index >= 15 is 0 Å². The van der Waals surface area contributed by atoms with Gasteiger partial charge in [-0.25, -0.2) is 4.68 Å². The van der Waals surface area contributed by atoms with Crippen molar-refractivity contribution in [3.8, 4) is 22.8 Å². The highest BCUT2D eigenvalue weighted by Crippen LogP contribution is 2.27. The van der Waals surface area contributed by atoms with Crippen molar-refractivity contribution >= 4 is 46.6 Å². The SMILES string of the molecule is Nn1c(SCC(=O)Nc2ccc(Cl)cc2Cl)nnc1-c1cc(-c2ccccc2)n[nH]1. The summed E-state index contributed by atoms with van der Waals surface area (Å²) in [6.45, 7) is 0. The first-order chi connectivity index (χ1) is 14.5. The monoisotopic (exact) mass is 459 g/mol. The maximum Gasteiger partial charge on any atom is 0.234 e. The molecule has 152 valence electrons. The minimum atomic E-state index is -0.262. The van der Waals surface area contributed by atoms with Crippen molar-refractivity contribution in [1.29, 1.82) is 0 Å². The van der Waals surface area contributed by atoms with Gasteiger partial charge in [-0.15, -0.1) is 10.2 Å². The summed E-state index contributed by atoms with van der Waals surface area (Å²) in [6.07, 6.45) is 0. The van der Waals surface area contributed by atoms with Crippen LogP contribution in [0.1, 0.15) is 0 Å². The lowest BCUT2D eigenvalue weighted by molar-refractivity contribution is -0.113. The van der Waals surface area contributed by atoms with Crippen molar-refractivity contribution in [2.24, 2.45) is 0 Å². The Morgan fingerprint density at radius 3 is 2.70 bits per heavy atom. The average Bonchev–Trinajstić information content (AvgIpc) is 3.36. The van der Waals surface area contributed by atoms with Gasteiger partial charge in [0.05, 0.1) is 22.2 Å². The molecular weight excluding hydrogens is 445 g/mol. The zero-order valence-corrected chi connectivity index (χ0v) is 17.7. The molecule has 0 fully saturated rings. The first-order valence-electron chi connectivity index (χ1n) is 8.70. The first-order valence-corrected chi connectivity index (χ1v) is 10.4. The maximum atomic E-state index is 12.2. The molecular formula is C19H15Cl2N7OS. The molecule has 0 saturated heterocycles. The van der Waals surface area contributed by atoms with Crippen LogP contribution >= 0.6 is 35.0 Å². The smallest absolute Gasteiger partial charge is 0.234 e. The Kier molecular flexibility index (Phi) is 5.93. The van der Waals surface area contributed by atoms with Crippen molar-refractivity contribution in [3.63, 3.8) is 0 Å². The maximum absolute atomic E-state index is 12.2. The zero-order chi connectivity index (χ0) is 21.1. The van der Waals surface area contributed by atoms with Gasteiger partial charge in [0.1, 0.15) is 5.69 Å². The predicted octanol–water partition coefficient (Wildman–Crippen LogP) is 4.09. The fourth-order valence-electron chi connectivity index (χ4n) is 2.66. The third kappa shape index (κ3) is 4.43. The van der Waals surface area contributed by atoms with E-state index in [1.165, 1.54) is 4.68 Å². The van der Waals surface area contributed by atoms with Gasteiger partial charge in [-0.05, 0) is 24.3 Å². The van der Waals surface area contributed by atoms with E-state index in [1.807, 2.05) is 36.4 Å². The Balaban J connectivity index is 1.42. The van der Waals surface area contributed by atoms with Crippen LogP contribution in [0.15, 0.2) is 59.8 Å². The van der Waals surface area contributed by atoms with E-state index in [0.717, 1.165) is 23.0 Å². The quantitative estimate of drug-likeness (QED) is 0.295. The van der Waals surface area contributed by atoms with E-state index in [9.17, 15) is 4.79 Å². The highest BCUT2D eigenvalue weighted by atomic mass is 35.5. The van der Waals surface area contributed by atoms with Gasteiger partial charge in [0.2, 0.25) is 16.9 Å². The second-order valence-electron chi connectivity index (χ2n) is 6.17. The summed E-state index contributed by atoms with van der Waals surface area (Å²) in [5, 5.41) is 19.3. The predicted molar refractivity (Wildman–Crippen MR) is 119 cm³/mol. The second kappa shape index (κ2) is 8.78. The van der Waals surface area contributed by atoms with Crippen LogP contribution in [0.2, 0.25) is 10.0 Å². The van der Waals surface area contributed by atoms with Crippen molar-refractivity contribution in [3.05, 3.63) is 64.6 Å². The third-order valence-corrected chi connectivity index (χ3v) is 5.58. The van der Waals surface area contributed by atoms with Crippen LogP contribution in [-0.2, 0) is 4.79 Å². The van der Waals surface area contributed by atoms with E-state index < -0.39 is 0 Å². The van der Waals surface area contributed by atoms with Gasteiger partial charge in [-0.1, -0.05) is 65.3 Å². The van der Waals surface area contributed by atoms with Crippen LogP contribution in [0.4, 0.5) is 5.69 Å². The van der Waals surface area contributed by atoms with Crippen LogP contribution in [0.25, 0.3) is 22.8 Å². The molecule has 8 nitrogen and oxygen atoms in total. The summed E-state index contributed by atoms with van der Waals surface area (Å²) in [7, 11) is 0. The van der Waals surface area contributed by atoms with Crippen LogP contribution < -0.4 is 11.2 Å². The molecule has 0 unspecified atom stereocenters. The summed E-state index contributed by atoms with van der Waals surface area (Å²) in [5.74, 6) is 6.34. The molecule has 0 aliphatic carbocycles. The van der Waals surface area contributed by atoms with E-state index in [0.29, 0.717) is 32.4 Å². The lowest BCUT2D eigenvalue weighted by Crippen LogP contribution is -2.16. The second-order valence-corrected chi connectivity index (χ2v) is 7.96. The topological polar surface area (TPSA) is 115 Å². The molecule has 0 spiro atoms. The normalized spacial score (nSPS) is 10.9. The van der Waals surface area contributed by atoms with Crippen LogP contribution in [-0.4, -0.2) is 36.7 Å². The summed E-state index contributed by atoms with van der Waals surface area (Å²) in [5.41, 5.74) is 2.83. The van der Waals surface area contributed by atoms with Crippen molar-refractivity contribution in [2.75, 3.05) is 16.9 Å². The van der Waals surface area contributed by atoms with Crippen molar-refractivity contribution < 1.29 is 4.79 Å². The van der Waals surface area contributed by atoms with E-state index in [1.54, 1.807) is 18.2 Å². The zero-order valence-electron chi connectivity index (χ0n) is 15.3. The number of amides is 1. The molecule has 11 heteroatoms. The molecule has 4 rings (SSSR count). The van der Waals surface area contributed by atoms with E-state index in [2.05, 4.69) is 25.7 Å². The highest BCUT2D eigenvalue weighted by molar-refractivity contribution is 7.99. The number of aromatic amines is 1. The lowest BCUT2D eigenvalue weighted by Gasteiger charge is -2.07. The summed E-state index contributed by atoms with van der Waals surface area (Å²) < 4.78 is 1.31. The summed E-state index contributed by atoms with van der Waals surface area (Å²) >= 11 is 13.1. The molecule has 30 heavy (non-hydrogen) atoms. The molecule has 0 radical (unpaired) electrons.